The molecule has 25 heavy (non-hydrogen) atoms. The van der Waals surface area contributed by atoms with Crippen LogP contribution in [0.4, 0.5) is 4.39 Å². The summed E-state index contributed by atoms with van der Waals surface area (Å²) in [6.45, 7) is 1.79. The largest absolute Gasteiger partial charge is 0.350 e. The van der Waals surface area contributed by atoms with Crippen molar-refractivity contribution >= 4 is 28.9 Å². The van der Waals surface area contributed by atoms with Crippen molar-refractivity contribution < 1.29 is 9.18 Å². The summed E-state index contributed by atoms with van der Waals surface area (Å²) in [6, 6.07) is 16.6. The predicted octanol–water partition coefficient (Wildman–Crippen LogP) is 4.29. The molecule has 2 aromatic rings. The average molecular weight is 352 g/mol. The Hall–Kier alpha value is -2.40. The molecule has 1 fully saturated rings. The van der Waals surface area contributed by atoms with Gasteiger partial charge in [-0.05, 0) is 47.5 Å². The molecule has 0 spiro atoms. The molecule has 2 aromatic carbocycles. The second-order valence-corrected chi connectivity index (χ2v) is 7.21. The summed E-state index contributed by atoms with van der Waals surface area (Å²) >= 11 is 1.41. The lowest BCUT2D eigenvalue weighted by molar-refractivity contribution is -0.113. The number of thioether (sulfide) groups is 1. The van der Waals surface area contributed by atoms with E-state index in [1.807, 2.05) is 6.07 Å². The molecule has 5 heteroatoms. The molecule has 0 aromatic heterocycles. The first-order chi connectivity index (χ1) is 12.2. The van der Waals surface area contributed by atoms with E-state index in [-0.39, 0.29) is 11.7 Å². The zero-order valence-corrected chi connectivity index (χ0v) is 14.4. The van der Waals surface area contributed by atoms with Crippen molar-refractivity contribution in [3.63, 3.8) is 0 Å². The van der Waals surface area contributed by atoms with E-state index < -0.39 is 0 Å². The molecule has 126 valence electrons. The minimum absolute atomic E-state index is 0.215. The third kappa shape index (κ3) is 3.51. The lowest BCUT2D eigenvalue weighted by Crippen LogP contribution is -2.24. The van der Waals surface area contributed by atoms with Crippen LogP contribution in [0.3, 0.4) is 0 Å². The molecule has 0 radical (unpaired) electrons. The maximum absolute atomic E-state index is 13.0. The minimum atomic E-state index is -0.284. The number of hydrogen-bond acceptors (Lipinski definition) is 3. The zero-order valence-electron chi connectivity index (χ0n) is 13.6. The van der Waals surface area contributed by atoms with E-state index in [1.165, 1.54) is 29.5 Å². The fourth-order valence-electron chi connectivity index (χ4n) is 3.17. The molecular weight excluding hydrogens is 335 g/mol. The number of likely N-dealkylation sites (tertiary alicyclic amines) is 1. The number of benzene rings is 2. The first kappa shape index (κ1) is 16.1. The van der Waals surface area contributed by atoms with Gasteiger partial charge in [-0.3, -0.25) is 4.79 Å². The van der Waals surface area contributed by atoms with Crippen molar-refractivity contribution in [1.82, 2.24) is 4.90 Å². The molecule has 0 aliphatic carbocycles. The van der Waals surface area contributed by atoms with Crippen molar-refractivity contribution in [2.75, 3.05) is 13.1 Å². The highest BCUT2D eigenvalue weighted by Crippen LogP contribution is 2.35. The first-order valence-electron chi connectivity index (χ1n) is 8.27. The third-order valence-corrected chi connectivity index (χ3v) is 5.55. The molecule has 2 aliphatic rings. The van der Waals surface area contributed by atoms with Crippen molar-refractivity contribution in [1.29, 1.82) is 0 Å². The molecule has 2 aliphatic heterocycles. The molecule has 1 amide bonds. The molecule has 1 saturated heterocycles. The Kier molecular flexibility index (Phi) is 4.40. The number of halogens is 1. The summed E-state index contributed by atoms with van der Waals surface area (Å²) in [7, 11) is 0. The van der Waals surface area contributed by atoms with Crippen LogP contribution >= 0.6 is 11.8 Å². The molecule has 0 saturated carbocycles. The number of nitrogens with zero attached hydrogens (tertiary/aromatic N) is 2. The number of aliphatic imine (C=N–C) groups is 1. The second-order valence-electron chi connectivity index (χ2n) is 6.20. The fraction of sp³-hybridized carbons (Fsp3) is 0.200. The molecular formula is C20H17FN2OS. The molecule has 2 heterocycles. The van der Waals surface area contributed by atoms with Gasteiger partial charge in [0.1, 0.15) is 5.82 Å². The summed E-state index contributed by atoms with van der Waals surface area (Å²) in [5.41, 5.74) is 2.14. The standard InChI is InChI=1S/C20H17FN2OS/c21-17-8-6-14(7-9-17)12-18-19(24)22-20(25-18)23-11-10-16(13-23)15-4-2-1-3-5-15/h1-9,12,16H,10-11,13H2/b18-12-. The quantitative estimate of drug-likeness (QED) is 0.756. The van der Waals surface area contributed by atoms with E-state index in [0.29, 0.717) is 10.8 Å². The molecule has 0 N–H and O–H groups in total. The van der Waals surface area contributed by atoms with E-state index in [0.717, 1.165) is 30.2 Å². The van der Waals surface area contributed by atoms with Crippen LogP contribution in [0.15, 0.2) is 64.5 Å². The minimum Gasteiger partial charge on any atom is -0.350 e. The lowest BCUT2D eigenvalue weighted by atomic mass is 9.99. The maximum Gasteiger partial charge on any atom is 0.286 e. The number of carbonyl (C=O) groups is 1. The summed E-state index contributed by atoms with van der Waals surface area (Å²) in [5, 5.41) is 0.775. The Morgan fingerprint density at radius 1 is 1.12 bits per heavy atom. The zero-order chi connectivity index (χ0) is 17.2. The smallest absolute Gasteiger partial charge is 0.286 e. The second kappa shape index (κ2) is 6.84. The Morgan fingerprint density at radius 3 is 2.64 bits per heavy atom. The Bertz CT molecular complexity index is 846. The van der Waals surface area contributed by atoms with E-state index in [4.69, 9.17) is 0 Å². The van der Waals surface area contributed by atoms with E-state index in [2.05, 4.69) is 34.2 Å². The van der Waals surface area contributed by atoms with Crippen LogP contribution < -0.4 is 0 Å². The highest BCUT2D eigenvalue weighted by atomic mass is 32.2. The van der Waals surface area contributed by atoms with Gasteiger partial charge in [-0.1, -0.05) is 42.5 Å². The van der Waals surface area contributed by atoms with Crippen LogP contribution in [0.25, 0.3) is 6.08 Å². The highest BCUT2D eigenvalue weighted by molar-refractivity contribution is 8.18. The van der Waals surface area contributed by atoms with Crippen molar-refractivity contribution in [2.24, 2.45) is 4.99 Å². The van der Waals surface area contributed by atoms with Gasteiger partial charge < -0.3 is 4.90 Å². The van der Waals surface area contributed by atoms with Crippen LogP contribution in [-0.4, -0.2) is 29.1 Å². The SMILES string of the molecule is O=C1N=C(N2CCC(c3ccccc3)C2)S/C1=C\c1ccc(F)cc1. The normalized spacial score (nSPS) is 21.9. The van der Waals surface area contributed by atoms with Crippen LogP contribution in [0.1, 0.15) is 23.5 Å². The number of amides is 1. The van der Waals surface area contributed by atoms with Gasteiger partial charge >= 0.3 is 0 Å². The first-order valence-corrected chi connectivity index (χ1v) is 9.09. The number of hydrogen-bond donors (Lipinski definition) is 0. The average Bonchev–Trinajstić information content (AvgIpc) is 3.25. The van der Waals surface area contributed by atoms with E-state index in [1.54, 1.807) is 18.2 Å². The van der Waals surface area contributed by atoms with Gasteiger partial charge in [0, 0.05) is 19.0 Å². The van der Waals surface area contributed by atoms with Gasteiger partial charge in [0.2, 0.25) is 0 Å². The van der Waals surface area contributed by atoms with Crippen molar-refractivity contribution in [2.45, 2.75) is 12.3 Å². The van der Waals surface area contributed by atoms with Crippen molar-refractivity contribution in [3.8, 4) is 0 Å². The predicted molar refractivity (Wildman–Crippen MR) is 99.8 cm³/mol. The van der Waals surface area contributed by atoms with Crippen LogP contribution in [-0.2, 0) is 4.79 Å². The summed E-state index contributed by atoms with van der Waals surface area (Å²) in [6.07, 6.45) is 2.84. The third-order valence-electron chi connectivity index (χ3n) is 4.51. The van der Waals surface area contributed by atoms with Crippen molar-refractivity contribution in [3.05, 3.63) is 76.4 Å². The van der Waals surface area contributed by atoms with Crippen LogP contribution in [0.5, 0.6) is 0 Å². The monoisotopic (exact) mass is 352 g/mol. The molecule has 1 unspecified atom stereocenters. The topological polar surface area (TPSA) is 32.7 Å². The summed E-state index contributed by atoms with van der Waals surface area (Å²) in [4.78, 5) is 19.2. The van der Waals surface area contributed by atoms with Gasteiger partial charge in [0.15, 0.2) is 5.17 Å². The van der Waals surface area contributed by atoms with E-state index >= 15 is 0 Å². The maximum atomic E-state index is 13.0. The summed E-state index contributed by atoms with van der Waals surface area (Å²) < 4.78 is 13.0. The molecule has 1 atom stereocenters. The molecule has 4 rings (SSSR count). The van der Waals surface area contributed by atoms with Gasteiger partial charge in [-0.15, -0.1) is 0 Å². The van der Waals surface area contributed by atoms with Gasteiger partial charge in [0.05, 0.1) is 4.91 Å². The Labute approximate surface area is 150 Å². The van der Waals surface area contributed by atoms with E-state index in [9.17, 15) is 9.18 Å². The molecule has 0 bridgehead atoms. The highest BCUT2D eigenvalue weighted by Gasteiger charge is 2.31. The lowest BCUT2D eigenvalue weighted by Gasteiger charge is -2.17. The van der Waals surface area contributed by atoms with Gasteiger partial charge in [-0.25, -0.2) is 4.39 Å². The summed E-state index contributed by atoms with van der Waals surface area (Å²) in [5.74, 6) is -0.0225. The number of carbonyl (C=O) groups excluding carboxylic acids is 1. The number of rotatable bonds is 2. The van der Waals surface area contributed by atoms with Crippen LogP contribution in [0, 0.1) is 5.82 Å². The van der Waals surface area contributed by atoms with Gasteiger partial charge in [-0.2, -0.15) is 4.99 Å². The number of amidine groups is 1. The van der Waals surface area contributed by atoms with Crippen LogP contribution in [0.2, 0.25) is 0 Å². The molecule has 3 nitrogen and oxygen atoms in total. The Morgan fingerprint density at radius 2 is 1.88 bits per heavy atom. The Balaban J connectivity index is 1.45. The fourth-order valence-corrected chi connectivity index (χ4v) is 4.12. The van der Waals surface area contributed by atoms with Gasteiger partial charge in [0.25, 0.3) is 5.91 Å².